The third-order valence-corrected chi connectivity index (χ3v) is 3.90. The fourth-order valence-electron chi connectivity index (χ4n) is 3.01. The van der Waals surface area contributed by atoms with Crippen molar-refractivity contribution in [3.05, 3.63) is 28.8 Å². The zero-order valence-electron chi connectivity index (χ0n) is 8.62. The van der Waals surface area contributed by atoms with Crippen LogP contribution in [0.5, 0.6) is 0 Å². The molecule has 0 radical (unpaired) electrons. The normalized spacial score (nSPS) is 28.0. The number of fused-ring (bicyclic) bond motifs is 3. The Labute approximate surface area is 95.0 Å². The second kappa shape index (κ2) is 3.39. The van der Waals surface area contributed by atoms with Crippen LogP contribution in [0, 0.1) is 0 Å². The van der Waals surface area contributed by atoms with E-state index in [0.717, 1.165) is 18.0 Å². The standard InChI is InChI=1S/C12H15ClN2/c13-9-1-4-12-8(5-9)6-10-2-3-11(7-14)15(10)12/h1,4-5,10-11H,2-3,6-7,14H2. The van der Waals surface area contributed by atoms with E-state index in [2.05, 4.69) is 17.0 Å². The van der Waals surface area contributed by atoms with E-state index in [1.54, 1.807) is 0 Å². The highest BCUT2D eigenvalue weighted by molar-refractivity contribution is 6.30. The van der Waals surface area contributed by atoms with Crippen LogP contribution in [-0.2, 0) is 6.42 Å². The SMILES string of the molecule is NCC1CCC2Cc3cc(Cl)ccc3N12. The summed E-state index contributed by atoms with van der Waals surface area (Å²) >= 11 is 6.01. The first kappa shape index (κ1) is 9.49. The van der Waals surface area contributed by atoms with Crippen LogP contribution in [0.3, 0.4) is 0 Å². The number of benzene rings is 1. The maximum atomic E-state index is 6.01. The van der Waals surface area contributed by atoms with Crippen molar-refractivity contribution in [2.75, 3.05) is 11.4 Å². The van der Waals surface area contributed by atoms with Crippen molar-refractivity contribution in [3.63, 3.8) is 0 Å². The quantitative estimate of drug-likeness (QED) is 0.790. The summed E-state index contributed by atoms with van der Waals surface area (Å²) in [7, 11) is 0. The van der Waals surface area contributed by atoms with Crippen LogP contribution >= 0.6 is 11.6 Å². The maximum absolute atomic E-state index is 6.01. The summed E-state index contributed by atoms with van der Waals surface area (Å²) in [6, 6.07) is 7.44. The van der Waals surface area contributed by atoms with E-state index < -0.39 is 0 Å². The van der Waals surface area contributed by atoms with Crippen molar-refractivity contribution in [2.24, 2.45) is 5.73 Å². The van der Waals surface area contributed by atoms with Crippen molar-refractivity contribution in [2.45, 2.75) is 31.3 Å². The lowest BCUT2D eigenvalue weighted by molar-refractivity contribution is 0.659. The van der Waals surface area contributed by atoms with Gasteiger partial charge in [0.05, 0.1) is 0 Å². The topological polar surface area (TPSA) is 29.3 Å². The molecule has 2 aliphatic heterocycles. The molecule has 1 aromatic carbocycles. The van der Waals surface area contributed by atoms with E-state index in [4.69, 9.17) is 17.3 Å². The Morgan fingerprint density at radius 2 is 2.27 bits per heavy atom. The summed E-state index contributed by atoms with van der Waals surface area (Å²) in [5.41, 5.74) is 8.56. The fourth-order valence-corrected chi connectivity index (χ4v) is 3.20. The minimum absolute atomic E-state index is 0.539. The lowest BCUT2D eigenvalue weighted by atomic mass is 10.1. The van der Waals surface area contributed by atoms with E-state index in [0.29, 0.717) is 12.1 Å². The minimum Gasteiger partial charge on any atom is -0.364 e. The Morgan fingerprint density at radius 3 is 3.07 bits per heavy atom. The van der Waals surface area contributed by atoms with Crippen LogP contribution in [0.4, 0.5) is 5.69 Å². The van der Waals surface area contributed by atoms with Crippen LogP contribution in [0.25, 0.3) is 0 Å². The van der Waals surface area contributed by atoms with Crippen LogP contribution in [-0.4, -0.2) is 18.6 Å². The number of hydrogen-bond acceptors (Lipinski definition) is 2. The Balaban J connectivity index is 2.02. The molecule has 1 aromatic rings. The summed E-state index contributed by atoms with van der Waals surface area (Å²) in [5, 5.41) is 0.847. The summed E-state index contributed by atoms with van der Waals surface area (Å²) in [6.45, 7) is 0.762. The Bertz CT molecular complexity index is 391. The zero-order valence-corrected chi connectivity index (χ0v) is 9.37. The summed E-state index contributed by atoms with van der Waals surface area (Å²) in [4.78, 5) is 2.51. The molecular weight excluding hydrogens is 208 g/mol. The van der Waals surface area contributed by atoms with Crippen molar-refractivity contribution < 1.29 is 0 Å². The van der Waals surface area contributed by atoms with Gasteiger partial charge in [0.25, 0.3) is 0 Å². The van der Waals surface area contributed by atoms with Crippen molar-refractivity contribution in [1.82, 2.24) is 0 Å². The first-order valence-corrected chi connectivity index (χ1v) is 5.94. The molecule has 2 nitrogen and oxygen atoms in total. The second-order valence-electron chi connectivity index (χ2n) is 4.51. The molecule has 0 bridgehead atoms. The lowest BCUT2D eigenvalue weighted by Crippen LogP contribution is -2.37. The molecule has 0 aromatic heterocycles. The largest absolute Gasteiger partial charge is 0.364 e. The molecule has 15 heavy (non-hydrogen) atoms. The molecule has 0 amide bonds. The average Bonchev–Trinajstić information content (AvgIpc) is 2.74. The van der Waals surface area contributed by atoms with Gasteiger partial charge in [-0.15, -0.1) is 0 Å². The predicted molar refractivity (Wildman–Crippen MR) is 63.5 cm³/mol. The van der Waals surface area contributed by atoms with Crippen LogP contribution in [0.15, 0.2) is 18.2 Å². The molecule has 3 heteroatoms. The number of halogens is 1. The summed E-state index contributed by atoms with van der Waals surface area (Å²) < 4.78 is 0. The van der Waals surface area contributed by atoms with Crippen molar-refractivity contribution in [3.8, 4) is 0 Å². The number of nitrogens with zero attached hydrogens (tertiary/aromatic N) is 1. The molecular formula is C12H15ClN2. The highest BCUT2D eigenvalue weighted by Crippen LogP contribution is 2.41. The monoisotopic (exact) mass is 222 g/mol. The van der Waals surface area contributed by atoms with E-state index in [1.807, 2.05) is 6.07 Å². The lowest BCUT2D eigenvalue weighted by Gasteiger charge is -2.26. The van der Waals surface area contributed by atoms with Crippen molar-refractivity contribution in [1.29, 1.82) is 0 Å². The molecule has 2 aliphatic rings. The van der Waals surface area contributed by atoms with Gasteiger partial charge in [-0.3, -0.25) is 0 Å². The Hall–Kier alpha value is -0.730. The molecule has 0 saturated carbocycles. The molecule has 2 unspecified atom stereocenters. The number of nitrogens with two attached hydrogens (primary N) is 1. The van der Waals surface area contributed by atoms with Gasteiger partial charge in [0.1, 0.15) is 0 Å². The van der Waals surface area contributed by atoms with Gasteiger partial charge in [-0.2, -0.15) is 0 Å². The maximum Gasteiger partial charge on any atom is 0.0416 e. The van der Waals surface area contributed by atoms with Gasteiger partial charge in [0, 0.05) is 29.3 Å². The number of hydrogen-bond donors (Lipinski definition) is 1. The van der Waals surface area contributed by atoms with Gasteiger partial charge in [-0.05, 0) is 43.0 Å². The minimum atomic E-state index is 0.539. The van der Waals surface area contributed by atoms with Crippen LogP contribution < -0.4 is 10.6 Å². The molecule has 2 N–H and O–H groups in total. The molecule has 2 atom stereocenters. The van der Waals surface area contributed by atoms with Gasteiger partial charge >= 0.3 is 0 Å². The number of anilines is 1. The third-order valence-electron chi connectivity index (χ3n) is 3.67. The highest BCUT2D eigenvalue weighted by Gasteiger charge is 2.38. The Kier molecular flexibility index (Phi) is 2.15. The van der Waals surface area contributed by atoms with Gasteiger partial charge < -0.3 is 10.6 Å². The Morgan fingerprint density at radius 1 is 1.40 bits per heavy atom. The first-order chi connectivity index (χ1) is 7.29. The summed E-state index contributed by atoms with van der Waals surface area (Å²) in [6.07, 6.45) is 3.66. The third kappa shape index (κ3) is 1.35. The van der Waals surface area contributed by atoms with Crippen LogP contribution in [0.2, 0.25) is 5.02 Å². The smallest absolute Gasteiger partial charge is 0.0416 e. The van der Waals surface area contributed by atoms with Gasteiger partial charge in [-0.25, -0.2) is 0 Å². The van der Waals surface area contributed by atoms with E-state index in [-0.39, 0.29) is 0 Å². The van der Waals surface area contributed by atoms with Gasteiger partial charge in [0.2, 0.25) is 0 Å². The van der Waals surface area contributed by atoms with Crippen molar-refractivity contribution >= 4 is 17.3 Å². The van der Waals surface area contributed by atoms with Gasteiger partial charge in [0.15, 0.2) is 0 Å². The molecule has 1 saturated heterocycles. The molecule has 0 spiro atoms. The molecule has 1 fully saturated rings. The molecule has 2 heterocycles. The van der Waals surface area contributed by atoms with E-state index in [9.17, 15) is 0 Å². The highest BCUT2D eigenvalue weighted by atomic mass is 35.5. The van der Waals surface area contributed by atoms with Crippen LogP contribution in [0.1, 0.15) is 18.4 Å². The van der Waals surface area contributed by atoms with E-state index >= 15 is 0 Å². The molecule has 3 rings (SSSR count). The molecule has 0 aliphatic carbocycles. The van der Waals surface area contributed by atoms with E-state index in [1.165, 1.54) is 24.1 Å². The first-order valence-electron chi connectivity index (χ1n) is 5.56. The molecule has 80 valence electrons. The zero-order chi connectivity index (χ0) is 10.4. The number of rotatable bonds is 1. The fraction of sp³-hybridized carbons (Fsp3) is 0.500. The average molecular weight is 223 g/mol. The van der Waals surface area contributed by atoms with Gasteiger partial charge in [-0.1, -0.05) is 11.6 Å². The summed E-state index contributed by atoms with van der Waals surface area (Å²) in [5.74, 6) is 0. The predicted octanol–water partition coefficient (Wildman–Crippen LogP) is 2.19. The second-order valence-corrected chi connectivity index (χ2v) is 4.94.